The van der Waals surface area contributed by atoms with Crippen LogP contribution in [0.1, 0.15) is 35.0 Å². The van der Waals surface area contributed by atoms with Crippen molar-refractivity contribution >= 4 is 11.9 Å². The number of carboxylic acids is 1. The van der Waals surface area contributed by atoms with Crippen molar-refractivity contribution in [2.24, 2.45) is 11.8 Å². The second kappa shape index (κ2) is 4.84. The number of carbonyl (C=O) groups is 2. The Labute approximate surface area is 105 Å². The third-order valence-electron chi connectivity index (χ3n) is 3.39. The van der Waals surface area contributed by atoms with E-state index in [-0.39, 0.29) is 18.1 Å². The average Bonchev–Trinajstić information content (AvgIpc) is 2.87. The number of aliphatic carboxylic acids is 1. The molecule has 1 amide bonds. The topological polar surface area (TPSA) is 79.5 Å². The summed E-state index contributed by atoms with van der Waals surface area (Å²) >= 11 is 0. The third kappa shape index (κ3) is 2.72. The van der Waals surface area contributed by atoms with Crippen molar-refractivity contribution in [3.8, 4) is 0 Å². The summed E-state index contributed by atoms with van der Waals surface area (Å²) in [6, 6.07) is 0. The van der Waals surface area contributed by atoms with E-state index in [4.69, 9.17) is 9.52 Å². The lowest BCUT2D eigenvalue weighted by atomic mass is 10.1. The molecule has 0 spiro atoms. The highest BCUT2D eigenvalue weighted by molar-refractivity contribution is 5.97. The monoisotopic (exact) mass is 251 g/mol. The Morgan fingerprint density at radius 2 is 2.22 bits per heavy atom. The molecule has 1 aromatic rings. The molecule has 1 heterocycles. The van der Waals surface area contributed by atoms with E-state index < -0.39 is 5.97 Å². The van der Waals surface area contributed by atoms with E-state index in [0.717, 1.165) is 6.42 Å². The zero-order chi connectivity index (χ0) is 13.3. The minimum absolute atomic E-state index is 0.223. The summed E-state index contributed by atoms with van der Waals surface area (Å²) in [5.74, 6) is 0.213. The van der Waals surface area contributed by atoms with Gasteiger partial charge >= 0.3 is 5.97 Å². The molecule has 5 nitrogen and oxygen atoms in total. The van der Waals surface area contributed by atoms with Crippen molar-refractivity contribution in [2.75, 3.05) is 6.54 Å². The molecular weight excluding hydrogens is 234 g/mol. The zero-order valence-corrected chi connectivity index (χ0v) is 10.5. The molecule has 2 unspecified atom stereocenters. The van der Waals surface area contributed by atoms with Gasteiger partial charge in [-0.15, -0.1) is 0 Å². The van der Waals surface area contributed by atoms with Crippen LogP contribution >= 0.6 is 0 Å². The smallest absolute Gasteiger partial charge is 0.311 e. The number of aryl methyl sites for hydroxylation is 1. The molecule has 0 aliphatic heterocycles. The predicted molar refractivity (Wildman–Crippen MR) is 64.4 cm³/mol. The highest BCUT2D eigenvalue weighted by atomic mass is 16.4. The lowest BCUT2D eigenvalue weighted by Gasteiger charge is -2.05. The molecule has 0 saturated heterocycles. The van der Waals surface area contributed by atoms with Crippen LogP contribution in [0, 0.1) is 18.8 Å². The van der Waals surface area contributed by atoms with Gasteiger partial charge in [-0.2, -0.15) is 0 Å². The number of rotatable bonds is 5. The van der Waals surface area contributed by atoms with E-state index in [9.17, 15) is 9.59 Å². The molecule has 1 fully saturated rings. The van der Waals surface area contributed by atoms with Gasteiger partial charge in [0.15, 0.2) is 0 Å². The summed E-state index contributed by atoms with van der Waals surface area (Å²) in [6.45, 7) is 4.54. The fraction of sp³-hybridized carbons (Fsp3) is 0.538. The van der Waals surface area contributed by atoms with Crippen LogP contribution < -0.4 is 5.32 Å². The number of hydrogen-bond acceptors (Lipinski definition) is 3. The van der Waals surface area contributed by atoms with Gasteiger partial charge in [-0.3, -0.25) is 9.59 Å². The van der Waals surface area contributed by atoms with Gasteiger partial charge in [0, 0.05) is 12.1 Å². The summed E-state index contributed by atoms with van der Waals surface area (Å²) in [5, 5.41) is 11.6. The van der Waals surface area contributed by atoms with E-state index >= 15 is 0 Å². The van der Waals surface area contributed by atoms with E-state index in [0.29, 0.717) is 29.5 Å². The fourth-order valence-corrected chi connectivity index (χ4v) is 2.07. The number of nitrogens with one attached hydrogen (secondary N) is 1. The van der Waals surface area contributed by atoms with Gasteiger partial charge in [0.2, 0.25) is 0 Å². The maximum absolute atomic E-state index is 12.0. The average molecular weight is 251 g/mol. The van der Waals surface area contributed by atoms with Gasteiger partial charge in [-0.1, -0.05) is 6.92 Å². The summed E-state index contributed by atoms with van der Waals surface area (Å²) in [6.07, 6.45) is 2.30. The third-order valence-corrected chi connectivity index (χ3v) is 3.39. The Morgan fingerprint density at radius 1 is 1.56 bits per heavy atom. The maximum atomic E-state index is 12.0. The first-order chi connectivity index (χ1) is 8.49. The molecule has 5 heteroatoms. The van der Waals surface area contributed by atoms with Crippen LogP contribution in [0.3, 0.4) is 0 Å². The Balaban J connectivity index is 2.03. The van der Waals surface area contributed by atoms with Crippen LogP contribution in [0.15, 0.2) is 10.7 Å². The van der Waals surface area contributed by atoms with Crippen LogP contribution in [0.25, 0.3) is 0 Å². The first-order valence-corrected chi connectivity index (χ1v) is 6.06. The quantitative estimate of drug-likeness (QED) is 0.833. The van der Waals surface area contributed by atoms with Gasteiger partial charge in [-0.05, 0) is 25.2 Å². The van der Waals surface area contributed by atoms with Gasteiger partial charge in [0.05, 0.1) is 11.8 Å². The molecule has 0 aromatic carbocycles. The Kier molecular flexibility index (Phi) is 3.41. The molecule has 98 valence electrons. The standard InChI is InChI=1S/C13H17NO4/c1-7-3-9(7)5-14-13(17)12-8(2)6-18-10(12)4-11(15)16/h6-7,9H,3-5H2,1-2H3,(H,14,17)(H,15,16). The van der Waals surface area contributed by atoms with Crippen LogP contribution in [0.2, 0.25) is 0 Å². The van der Waals surface area contributed by atoms with Gasteiger partial charge < -0.3 is 14.8 Å². The molecule has 2 atom stereocenters. The van der Waals surface area contributed by atoms with E-state index in [2.05, 4.69) is 12.2 Å². The van der Waals surface area contributed by atoms with Crippen molar-refractivity contribution in [3.05, 3.63) is 23.2 Å². The molecule has 1 aliphatic rings. The lowest BCUT2D eigenvalue weighted by Crippen LogP contribution is -2.27. The van der Waals surface area contributed by atoms with Crippen molar-refractivity contribution in [1.82, 2.24) is 5.32 Å². The zero-order valence-electron chi connectivity index (χ0n) is 10.5. The van der Waals surface area contributed by atoms with E-state index in [1.54, 1.807) is 6.92 Å². The molecule has 1 aliphatic carbocycles. The Bertz CT molecular complexity index is 477. The number of carboxylic acid groups (broad SMARTS) is 1. The number of furan rings is 1. The first-order valence-electron chi connectivity index (χ1n) is 6.06. The molecule has 2 rings (SSSR count). The number of hydrogen-bond donors (Lipinski definition) is 2. The summed E-state index contributed by atoms with van der Waals surface area (Å²) in [4.78, 5) is 22.7. The minimum atomic E-state index is -1.01. The largest absolute Gasteiger partial charge is 0.481 e. The molecule has 0 bridgehead atoms. The van der Waals surface area contributed by atoms with Crippen molar-refractivity contribution in [3.63, 3.8) is 0 Å². The molecule has 18 heavy (non-hydrogen) atoms. The van der Waals surface area contributed by atoms with Crippen LogP contribution in [-0.4, -0.2) is 23.5 Å². The van der Waals surface area contributed by atoms with Crippen LogP contribution in [0.5, 0.6) is 0 Å². The SMILES string of the molecule is Cc1coc(CC(=O)O)c1C(=O)NCC1CC1C. The molecule has 1 aromatic heterocycles. The number of carbonyl (C=O) groups excluding carboxylic acids is 1. The van der Waals surface area contributed by atoms with Gasteiger partial charge in [0.1, 0.15) is 12.2 Å². The second-order valence-electron chi connectivity index (χ2n) is 4.97. The van der Waals surface area contributed by atoms with Gasteiger partial charge in [0.25, 0.3) is 5.91 Å². The summed E-state index contributed by atoms with van der Waals surface area (Å²) < 4.78 is 5.13. The molecular formula is C13H17NO4. The highest BCUT2D eigenvalue weighted by Crippen LogP contribution is 2.36. The summed E-state index contributed by atoms with van der Waals surface area (Å²) in [5.41, 5.74) is 1.04. The van der Waals surface area contributed by atoms with Crippen molar-refractivity contribution in [1.29, 1.82) is 0 Å². The normalized spacial score (nSPS) is 21.7. The van der Waals surface area contributed by atoms with Crippen LogP contribution in [0.4, 0.5) is 0 Å². The van der Waals surface area contributed by atoms with E-state index in [1.807, 2.05) is 0 Å². The first kappa shape index (κ1) is 12.7. The maximum Gasteiger partial charge on any atom is 0.311 e. The van der Waals surface area contributed by atoms with Crippen molar-refractivity contribution in [2.45, 2.75) is 26.7 Å². The predicted octanol–water partition coefficient (Wildman–Crippen LogP) is 1.60. The van der Waals surface area contributed by atoms with Gasteiger partial charge in [-0.25, -0.2) is 0 Å². The fourth-order valence-electron chi connectivity index (χ4n) is 2.07. The van der Waals surface area contributed by atoms with Crippen molar-refractivity contribution < 1.29 is 19.1 Å². The molecule has 0 radical (unpaired) electrons. The molecule has 2 N–H and O–H groups in total. The van der Waals surface area contributed by atoms with E-state index in [1.165, 1.54) is 6.26 Å². The second-order valence-corrected chi connectivity index (χ2v) is 4.97. The van der Waals surface area contributed by atoms with Crippen LogP contribution in [-0.2, 0) is 11.2 Å². The number of amides is 1. The molecule has 1 saturated carbocycles. The lowest BCUT2D eigenvalue weighted by molar-refractivity contribution is -0.136. The Morgan fingerprint density at radius 3 is 2.78 bits per heavy atom. The minimum Gasteiger partial charge on any atom is -0.481 e. The summed E-state index contributed by atoms with van der Waals surface area (Å²) in [7, 11) is 0. The highest BCUT2D eigenvalue weighted by Gasteiger charge is 2.33. The Hall–Kier alpha value is -1.78.